The van der Waals surface area contributed by atoms with Crippen LogP contribution in [0.25, 0.3) is 23.3 Å². The van der Waals surface area contributed by atoms with Gasteiger partial charge in [0.1, 0.15) is 11.3 Å². The number of alkyl halides is 3. The van der Waals surface area contributed by atoms with Gasteiger partial charge < -0.3 is 4.98 Å². The third-order valence-corrected chi connectivity index (χ3v) is 3.76. The number of nitrogens with one attached hydrogen (secondary N) is 1. The SMILES string of the molecule is Cn1c(=O)c2[nH]c(C=Cc3cccc(C(F)(F)F)c3)nc2n(C)c1=O. The number of aromatic amines is 1. The van der Waals surface area contributed by atoms with Gasteiger partial charge in [-0.2, -0.15) is 13.2 Å². The van der Waals surface area contributed by atoms with Crippen LogP contribution in [0.2, 0.25) is 0 Å². The summed E-state index contributed by atoms with van der Waals surface area (Å²) in [6.07, 6.45) is -1.54. The van der Waals surface area contributed by atoms with Crippen molar-refractivity contribution in [1.29, 1.82) is 0 Å². The number of fused-ring (bicyclic) bond motifs is 1. The van der Waals surface area contributed by atoms with Crippen LogP contribution < -0.4 is 11.2 Å². The Morgan fingerprint density at radius 3 is 2.52 bits per heavy atom. The van der Waals surface area contributed by atoms with Gasteiger partial charge in [0.15, 0.2) is 5.65 Å². The standard InChI is InChI=1S/C16H13F3N4O2/c1-22-13-12(14(24)23(2)15(22)25)20-11(21-13)7-6-9-4-3-5-10(8-9)16(17,18)19/h3-8H,1-2H3,(H,20,21). The minimum Gasteiger partial charge on any atom is -0.333 e. The number of hydrogen-bond acceptors (Lipinski definition) is 3. The second-order valence-corrected chi connectivity index (χ2v) is 5.48. The fourth-order valence-corrected chi connectivity index (χ4v) is 2.42. The average molecular weight is 350 g/mol. The van der Waals surface area contributed by atoms with Gasteiger partial charge >= 0.3 is 11.9 Å². The molecule has 0 saturated carbocycles. The Hall–Kier alpha value is -3.10. The van der Waals surface area contributed by atoms with Crippen molar-refractivity contribution < 1.29 is 13.2 Å². The molecule has 2 heterocycles. The van der Waals surface area contributed by atoms with Gasteiger partial charge in [0, 0.05) is 14.1 Å². The van der Waals surface area contributed by atoms with E-state index in [1.54, 1.807) is 0 Å². The van der Waals surface area contributed by atoms with Crippen molar-refractivity contribution in [3.63, 3.8) is 0 Å². The normalized spacial score (nSPS) is 12.4. The molecular weight excluding hydrogens is 337 g/mol. The molecule has 2 aromatic heterocycles. The minimum absolute atomic E-state index is 0.147. The van der Waals surface area contributed by atoms with Gasteiger partial charge in [-0.15, -0.1) is 0 Å². The predicted molar refractivity (Wildman–Crippen MR) is 86.9 cm³/mol. The Morgan fingerprint density at radius 1 is 1.12 bits per heavy atom. The fourth-order valence-electron chi connectivity index (χ4n) is 2.42. The topological polar surface area (TPSA) is 72.7 Å². The van der Waals surface area contributed by atoms with Gasteiger partial charge in [-0.3, -0.25) is 13.9 Å². The summed E-state index contributed by atoms with van der Waals surface area (Å²) in [5.74, 6) is 0.255. The molecule has 130 valence electrons. The molecule has 0 atom stereocenters. The molecule has 1 aromatic carbocycles. The van der Waals surface area contributed by atoms with Crippen molar-refractivity contribution in [3.05, 3.63) is 62.1 Å². The molecule has 9 heteroatoms. The molecule has 0 spiro atoms. The Labute approximate surface area is 138 Å². The summed E-state index contributed by atoms with van der Waals surface area (Å²) >= 11 is 0. The molecule has 0 amide bonds. The lowest BCUT2D eigenvalue weighted by Crippen LogP contribution is -2.36. The lowest BCUT2D eigenvalue weighted by atomic mass is 10.1. The summed E-state index contributed by atoms with van der Waals surface area (Å²) in [6.45, 7) is 0. The van der Waals surface area contributed by atoms with E-state index in [0.717, 1.165) is 16.7 Å². The van der Waals surface area contributed by atoms with E-state index < -0.39 is 23.0 Å². The van der Waals surface area contributed by atoms with Gasteiger partial charge in [-0.1, -0.05) is 18.2 Å². The smallest absolute Gasteiger partial charge is 0.333 e. The first-order chi connectivity index (χ1) is 11.7. The first-order valence-electron chi connectivity index (χ1n) is 7.19. The van der Waals surface area contributed by atoms with Crippen LogP contribution in [0.5, 0.6) is 0 Å². The summed E-state index contributed by atoms with van der Waals surface area (Å²) < 4.78 is 40.3. The monoisotopic (exact) mass is 350 g/mol. The first-order valence-corrected chi connectivity index (χ1v) is 7.19. The quantitative estimate of drug-likeness (QED) is 0.770. The maximum absolute atomic E-state index is 12.7. The van der Waals surface area contributed by atoms with E-state index in [2.05, 4.69) is 9.97 Å². The maximum Gasteiger partial charge on any atom is 0.416 e. The fraction of sp³-hybridized carbons (Fsp3) is 0.188. The number of nitrogens with zero attached hydrogens (tertiary/aromatic N) is 3. The number of halogens is 3. The number of aryl methyl sites for hydroxylation is 1. The molecule has 0 bridgehead atoms. The Balaban J connectivity index is 2.03. The summed E-state index contributed by atoms with van der Waals surface area (Å²) in [5, 5.41) is 0. The summed E-state index contributed by atoms with van der Waals surface area (Å²) in [5.41, 5.74) is -1.14. The van der Waals surface area contributed by atoms with E-state index in [4.69, 9.17) is 0 Å². The van der Waals surface area contributed by atoms with Gasteiger partial charge in [-0.25, -0.2) is 9.78 Å². The number of imidazole rings is 1. The summed E-state index contributed by atoms with van der Waals surface area (Å²) in [6, 6.07) is 4.82. The summed E-state index contributed by atoms with van der Waals surface area (Å²) in [7, 11) is 2.83. The van der Waals surface area contributed by atoms with Crippen LogP contribution in [-0.4, -0.2) is 19.1 Å². The molecule has 3 rings (SSSR count). The number of rotatable bonds is 2. The van der Waals surface area contributed by atoms with Crippen LogP contribution in [0, 0.1) is 0 Å². The average Bonchev–Trinajstić information content (AvgIpc) is 3.00. The van der Waals surface area contributed by atoms with Crippen molar-refractivity contribution in [2.45, 2.75) is 6.18 Å². The van der Waals surface area contributed by atoms with Gasteiger partial charge in [0.2, 0.25) is 0 Å². The highest BCUT2D eigenvalue weighted by molar-refractivity contribution is 5.75. The molecule has 1 N–H and O–H groups in total. The molecule has 0 saturated heterocycles. The van der Waals surface area contributed by atoms with Gasteiger partial charge in [-0.05, 0) is 23.8 Å². The Morgan fingerprint density at radius 2 is 1.84 bits per heavy atom. The number of H-pyrrole nitrogens is 1. The lowest BCUT2D eigenvalue weighted by molar-refractivity contribution is -0.137. The molecule has 0 aliphatic heterocycles. The molecule has 0 fully saturated rings. The van der Waals surface area contributed by atoms with Crippen LogP contribution in [0.1, 0.15) is 17.0 Å². The second-order valence-electron chi connectivity index (χ2n) is 5.48. The van der Waals surface area contributed by atoms with E-state index in [1.807, 2.05) is 0 Å². The van der Waals surface area contributed by atoms with E-state index in [9.17, 15) is 22.8 Å². The van der Waals surface area contributed by atoms with Crippen molar-refractivity contribution in [2.24, 2.45) is 14.1 Å². The molecule has 0 radical (unpaired) electrons. The Kier molecular flexibility index (Phi) is 3.86. The van der Waals surface area contributed by atoms with Crippen molar-refractivity contribution >= 4 is 23.3 Å². The third-order valence-electron chi connectivity index (χ3n) is 3.76. The van der Waals surface area contributed by atoms with Gasteiger partial charge in [0.25, 0.3) is 5.56 Å². The zero-order chi connectivity index (χ0) is 18.4. The van der Waals surface area contributed by atoms with Crippen LogP contribution in [0.15, 0.2) is 33.9 Å². The number of benzene rings is 1. The van der Waals surface area contributed by atoms with Crippen LogP contribution >= 0.6 is 0 Å². The van der Waals surface area contributed by atoms with Crippen molar-refractivity contribution in [3.8, 4) is 0 Å². The Bertz CT molecular complexity index is 1100. The van der Waals surface area contributed by atoms with Crippen LogP contribution in [0.3, 0.4) is 0 Å². The molecule has 25 heavy (non-hydrogen) atoms. The van der Waals surface area contributed by atoms with Crippen molar-refractivity contribution in [1.82, 2.24) is 19.1 Å². The molecule has 0 aliphatic rings. The predicted octanol–water partition coefficient (Wildman–Crippen LogP) is 2.15. The maximum atomic E-state index is 12.7. The van der Waals surface area contributed by atoms with Crippen LogP contribution in [-0.2, 0) is 20.3 Å². The zero-order valence-corrected chi connectivity index (χ0v) is 13.3. The van der Waals surface area contributed by atoms with E-state index in [0.29, 0.717) is 5.56 Å². The highest BCUT2D eigenvalue weighted by Crippen LogP contribution is 2.29. The van der Waals surface area contributed by atoms with E-state index in [1.165, 1.54) is 42.9 Å². The second kappa shape index (κ2) is 5.76. The highest BCUT2D eigenvalue weighted by Gasteiger charge is 2.30. The summed E-state index contributed by atoms with van der Waals surface area (Å²) in [4.78, 5) is 30.9. The highest BCUT2D eigenvalue weighted by atomic mass is 19.4. The molecular formula is C16H13F3N4O2. The number of aromatic nitrogens is 4. The molecule has 0 aliphatic carbocycles. The number of hydrogen-bond donors (Lipinski definition) is 1. The third kappa shape index (κ3) is 3.00. The molecule has 3 aromatic rings. The lowest BCUT2D eigenvalue weighted by Gasteiger charge is -2.06. The minimum atomic E-state index is -4.42. The molecule has 0 unspecified atom stereocenters. The van der Waals surface area contributed by atoms with E-state index >= 15 is 0 Å². The van der Waals surface area contributed by atoms with Crippen LogP contribution in [0.4, 0.5) is 13.2 Å². The van der Waals surface area contributed by atoms with Crippen molar-refractivity contribution in [2.75, 3.05) is 0 Å². The first kappa shape index (κ1) is 16.7. The zero-order valence-electron chi connectivity index (χ0n) is 13.3. The molecule has 6 nitrogen and oxygen atoms in total. The largest absolute Gasteiger partial charge is 0.416 e. The van der Waals surface area contributed by atoms with E-state index in [-0.39, 0.29) is 17.0 Å². The van der Waals surface area contributed by atoms with Gasteiger partial charge in [0.05, 0.1) is 5.56 Å².